The van der Waals surface area contributed by atoms with Crippen LogP contribution in [0.15, 0.2) is 73.3 Å². The fourth-order valence-corrected chi connectivity index (χ4v) is 2.89. The van der Waals surface area contributed by atoms with Crippen LogP contribution in [0.2, 0.25) is 0 Å². The lowest BCUT2D eigenvalue weighted by Gasteiger charge is -2.34. The molecule has 0 spiro atoms. The monoisotopic (exact) mass is 395 g/mol. The zero-order valence-corrected chi connectivity index (χ0v) is 17.3. The quantitative estimate of drug-likeness (QED) is 0.514. The lowest BCUT2D eigenvalue weighted by molar-refractivity contribution is -0.163. The summed E-state index contributed by atoms with van der Waals surface area (Å²) in [5.74, 6) is -0.523. The molecule has 0 aliphatic carbocycles. The molecule has 0 aromatic heterocycles. The summed E-state index contributed by atoms with van der Waals surface area (Å²) in [6, 6.07) is 18.8. The maximum atomic E-state index is 13.1. The number of esters is 1. The lowest BCUT2D eigenvalue weighted by atomic mass is 9.87. The molecule has 29 heavy (non-hydrogen) atoms. The summed E-state index contributed by atoms with van der Waals surface area (Å²) in [5, 5.41) is 2.77. The molecule has 2 aromatic carbocycles. The predicted molar refractivity (Wildman–Crippen MR) is 113 cm³/mol. The van der Waals surface area contributed by atoms with Crippen molar-refractivity contribution in [2.24, 2.45) is 0 Å². The van der Waals surface area contributed by atoms with E-state index in [0.29, 0.717) is 0 Å². The van der Waals surface area contributed by atoms with Crippen LogP contribution in [-0.4, -0.2) is 23.2 Å². The van der Waals surface area contributed by atoms with Crippen LogP contribution >= 0.6 is 0 Å². The van der Waals surface area contributed by atoms with Crippen LogP contribution in [0.3, 0.4) is 0 Å². The SMILES string of the molecule is C=CCC(Cc1ccccc1)(NC(=O)OCc1ccccc1)C(=O)OC(C)(C)C. The predicted octanol–water partition coefficient (Wildman–Crippen LogP) is 4.81. The molecule has 1 amide bonds. The summed E-state index contributed by atoms with van der Waals surface area (Å²) >= 11 is 0. The van der Waals surface area contributed by atoms with E-state index in [9.17, 15) is 9.59 Å². The molecular weight excluding hydrogens is 366 g/mol. The Hall–Kier alpha value is -3.08. The number of amides is 1. The first-order valence-corrected chi connectivity index (χ1v) is 9.61. The highest BCUT2D eigenvalue weighted by Crippen LogP contribution is 2.24. The van der Waals surface area contributed by atoms with E-state index in [-0.39, 0.29) is 19.4 Å². The van der Waals surface area contributed by atoms with Crippen LogP contribution < -0.4 is 5.32 Å². The van der Waals surface area contributed by atoms with E-state index < -0.39 is 23.2 Å². The molecule has 1 atom stereocenters. The second kappa shape index (κ2) is 9.92. The van der Waals surface area contributed by atoms with E-state index in [1.165, 1.54) is 0 Å². The van der Waals surface area contributed by atoms with Gasteiger partial charge < -0.3 is 14.8 Å². The van der Waals surface area contributed by atoms with Gasteiger partial charge in [-0.3, -0.25) is 0 Å². The summed E-state index contributed by atoms with van der Waals surface area (Å²) in [6.07, 6.45) is 1.38. The molecular formula is C24H29NO4. The second-order valence-corrected chi connectivity index (χ2v) is 7.93. The van der Waals surface area contributed by atoms with Gasteiger partial charge in [-0.15, -0.1) is 6.58 Å². The van der Waals surface area contributed by atoms with E-state index in [1.807, 2.05) is 60.7 Å². The standard InChI is InChI=1S/C24H29NO4/c1-5-16-24(21(26)29-23(2,3)4,17-19-12-8-6-9-13-19)25-22(27)28-18-20-14-10-7-11-15-20/h5-15H,1,16-18H2,2-4H3,(H,25,27). The fraction of sp³-hybridized carbons (Fsp3) is 0.333. The first-order chi connectivity index (χ1) is 13.7. The average molecular weight is 395 g/mol. The van der Waals surface area contributed by atoms with Gasteiger partial charge in [-0.25, -0.2) is 9.59 Å². The van der Waals surface area contributed by atoms with Crippen molar-refractivity contribution < 1.29 is 19.1 Å². The lowest BCUT2D eigenvalue weighted by Crippen LogP contribution is -2.58. The summed E-state index contributed by atoms with van der Waals surface area (Å²) in [7, 11) is 0. The van der Waals surface area contributed by atoms with Crippen LogP contribution in [-0.2, 0) is 27.3 Å². The minimum Gasteiger partial charge on any atom is -0.458 e. The van der Waals surface area contributed by atoms with E-state index in [4.69, 9.17) is 9.47 Å². The number of carbonyl (C=O) groups excluding carboxylic acids is 2. The third kappa shape index (κ3) is 7.11. The highest BCUT2D eigenvalue weighted by molar-refractivity contribution is 5.86. The molecule has 0 radical (unpaired) electrons. The van der Waals surface area contributed by atoms with Crippen LogP contribution in [0.4, 0.5) is 4.79 Å². The molecule has 0 aliphatic rings. The Kier molecular flexibility index (Phi) is 7.59. The highest BCUT2D eigenvalue weighted by Gasteiger charge is 2.43. The number of carbonyl (C=O) groups is 2. The smallest absolute Gasteiger partial charge is 0.408 e. The highest BCUT2D eigenvalue weighted by atomic mass is 16.6. The Morgan fingerprint density at radius 1 is 0.966 bits per heavy atom. The van der Waals surface area contributed by atoms with Crippen molar-refractivity contribution in [1.82, 2.24) is 5.32 Å². The Labute approximate surface area is 172 Å². The number of nitrogens with one attached hydrogen (secondary N) is 1. The molecule has 1 unspecified atom stereocenters. The molecule has 2 rings (SSSR count). The molecule has 5 nitrogen and oxygen atoms in total. The van der Waals surface area contributed by atoms with Gasteiger partial charge in [-0.1, -0.05) is 66.7 Å². The molecule has 0 saturated heterocycles. The van der Waals surface area contributed by atoms with Crippen molar-refractivity contribution in [3.05, 3.63) is 84.4 Å². The molecule has 1 N–H and O–H groups in total. The van der Waals surface area contributed by atoms with E-state index in [1.54, 1.807) is 26.8 Å². The van der Waals surface area contributed by atoms with Crippen LogP contribution in [0.1, 0.15) is 38.3 Å². The molecule has 0 heterocycles. The molecule has 5 heteroatoms. The first-order valence-electron chi connectivity index (χ1n) is 9.61. The summed E-state index contributed by atoms with van der Waals surface area (Å²) in [4.78, 5) is 25.7. The number of benzene rings is 2. The zero-order chi connectivity index (χ0) is 21.3. The number of alkyl carbamates (subject to hydrolysis) is 1. The van der Waals surface area contributed by atoms with Gasteiger partial charge in [-0.2, -0.15) is 0 Å². The van der Waals surface area contributed by atoms with Gasteiger partial charge in [0.15, 0.2) is 0 Å². The van der Waals surface area contributed by atoms with Gasteiger partial charge in [0.2, 0.25) is 0 Å². The van der Waals surface area contributed by atoms with Gasteiger partial charge in [-0.05, 0) is 38.3 Å². The largest absolute Gasteiger partial charge is 0.458 e. The second-order valence-electron chi connectivity index (χ2n) is 7.93. The van der Waals surface area contributed by atoms with Crippen molar-refractivity contribution in [1.29, 1.82) is 0 Å². The summed E-state index contributed by atoms with van der Waals surface area (Å²) in [5.41, 5.74) is -0.263. The fourth-order valence-electron chi connectivity index (χ4n) is 2.89. The third-order valence-electron chi connectivity index (χ3n) is 4.19. The number of hydrogen-bond donors (Lipinski definition) is 1. The Bertz CT molecular complexity index is 812. The Morgan fingerprint density at radius 2 is 1.52 bits per heavy atom. The molecule has 2 aromatic rings. The first kappa shape index (κ1) is 22.2. The third-order valence-corrected chi connectivity index (χ3v) is 4.19. The number of hydrogen-bond acceptors (Lipinski definition) is 4. The topological polar surface area (TPSA) is 64.6 Å². The van der Waals surface area contributed by atoms with Gasteiger partial charge in [0, 0.05) is 6.42 Å². The molecule has 0 bridgehead atoms. The van der Waals surface area contributed by atoms with Crippen molar-refractivity contribution >= 4 is 12.1 Å². The zero-order valence-electron chi connectivity index (χ0n) is 17.3. The van der Waals surface area contributed by atoms with Gasteiger partial charge >= 0.3 is 12.1 Å². The minimum absolute atomic E-state index is 0.108. The summed E-state index contributed by atoms with van der Waals surface area (Å²) < 4.78 is 11.0. The molecule has 0 fully saturated rings. The number of ether oxygens (including phenoxy) is 2. The van der Waals surface area contributed by atoms with Crippen molar-refractivity contribution in [2.75, 3.05) is 0 Å². The maximum Gasteiger partial charge on any atom is 0.408 e. The van der Waals surface area contributed by atoms with Gasteiger partial charge in [0.05, 0.1) is 0 Å². The van der Waals surface area contributed by atoms with E-state index >= 15 is 0 Å². The van der Waals surface area contributed by atoms with Crippen molar-refractivity contribution in [3.8, 4) is 0 Å². The van der Waals surface area contributed by atoms with Crippen LogP contribution in [0.5, 0.6) is 0 Å². The molecule has 0 aliphatic heterocycles. The average Bonchev–Trinajstić information content (AvgIpc) is 2.67. The Morgan fingerprint density at radius 3 is 2.03 bits per heavy atom. The Balaban J connectivity index is 2.24. The van der Waals surface area contributed by atoms with Crippen LogP contribution in [0.25, 0.3) is 0 Å². The maximum absolute atomic E-state index is 13.1. The normalized spacial score (nSPS) is 13.1. The number of rotatable bonds is 8. The summed E-state index contributed by atoms with van der Waals surface area (Å²) in [6.45, 7) is 9.25. The molecule has 154 valence electrons. The van der Waals surface area contributed by atoms with E-state index in [2.05, 4.69) is 11.9 Å². The van der Waals surface area contributed by atoms with E-state index in [0.717, 1.165) is 11.1 Å². The minimum atomic E-state index is -1.32. The van der Waals surface area contributed by atoms with Crippen molar-refractivity contribution in [2.45, 2.75) is 51.4 Å². The van der Waals surface area contributed by atoms with Gasteiger partial charge in [0.25, 0.3) is 0 Å². The van der Waals surface area contributed by atoms with Crippen LogP contribution in [0, 0.1) is 0 Å². The van der Waals surface area contributed by atoms with Gasteiger partial charge in [0.1, 0.15) is 17.7 Å². The van der Waals surface area contributed by atoms with Crippen molar-refractivity contribution in [3.63, 3.8) is 0 Å². The molecule has 0 saturated carbocycles.